The molecule has 6 nitrogen and oxygen atoms in total. The molecule has 0 bridgehead atoms. The first-order valence-electron chi connectivity index (χ1n) is 8.28. The first kappa shape index (κ1) is 23.1. The average Bonchev–Trinajstić information content (AvgIpc) is 3.24. The summed E-state index contributed by atoms with van der Waals surface area (Å²) in [5, 5.41) is 28.7. The van der Waals surface area contributed by atoms with Crippen LogP contribution in [-0.4, -0.2) is 36.4 Å². The lowest BCUT2D eigenvalue weighted by Gasteiger charge is -2.07. The van der Waals surface area contributed by atoms with Crippen LogP contribution in [0.3, 0.4) is 0 Å². The molecule has 28 heavy (non-hydrogen) atoms. The van der Waals surface area contributed by atoms with Gasteiger partial charge in [-0.3, -0.25) is 9.36 Å². The zero-order valence-electron chi connectivity index (χ0n) is 14.9. The molecular formula is C22H30N4O2. The summed E-state index contributed by atoms with van der Waals surface area (Å²) in [5.74, 6) is 0. The summed E-state index contributed by atoms with van der Waals surface area (Å²) in [7, 11) is 3.78. The van der Waals surface area contributed by atoms with Gasteiger partial charge in [0.05, 0.1) is 30.0 Å². The summed E-state index contributed by atoms with van der Waals surface area (Å²) in [5.41, 5.74) is 3.94. The minimum atomic E-state index is -0.811. The molecule has 0 radical (unpaired) electrons. The van der Waals surface area contributed by atoms with Crippen molar-refractivity contribution in [1.82, 2.24) is 19.6 Å². The van der Waals surface area contributed by atoms with Gasteiger partial charge in [-0.2, -0.15) is 10.2 Å². The number of aromatic nitrogens is 4. The maximum absolute atomic E-state index is 9.44. The number of hydrogen-bond acceptors (Lipinski definition) is 4. The van der Waals surface area contributed by atoms with E-state index < -0.39 is 6.10 Å². The molecule has 4 rings (SSSR count). The van der Waals surface area contributed by atoms with Crippen LogP contribution in [0.15, 0.2) is 55.4 Å². The van der Waals surface area contributed by atoms with E-state index in [0.29, 0.717) is 5.56 Å². The van der Waals surface area contributed by atoms with E-state index in [0.717, 1.165) is 22.0 Å². The van der Waals surface area contributed by atoms with E-state index in [4.69, 9.17) is 5.11 Å². The molecular weight excluding hydrogens is 352 g/mol. The molecule has 0 unspecified atom stereocenters. The third kappa shape index (κ3) is 4.65. The van der Waals surface area contributed by atoms with Crippen LogP contribution in [0.25, 0.3) is 27.9 Å². The summed E-state index contributed by atoms with van der Waals surface area (Å²) in [6.45, 7) is 3.46. The van der Waals surface area contributed by atoms with Crippen LogP contribution in [0.1, 0.15) is 32.1 Å². The standard InChI is InChI=1S/C10H12N2O2.C10H10N2.2CH4/c1-12-9-4-7(10(14)6-13)2-3-8(9)5-11-12;1-3-8-4-5-9-7-11-12(2)10(9)6-8;;/h2-5,10,13-14H,6H2,1H3;3-7H,1H2,2H3;2*1H4/t10-;;;/m0.../s1. The van der Waals surface area contributed by atoms with Gasteiger partial charge < -0.3 is 10.2 Å². The predicted molar refractivity (Wildman–Crippen MR) is 117 cm³/mol. The van der Waals surface area contributed by atoms with Crippen LogP contribution >= 0.6 is 0 Å². The van der Waals surface area contributed by atoms with Gasteiger partial charge >= 0.3 is 0 Å². The number of aryl methyl sites for hydroxylation is 2. The molecule has 0 saturated heterocycles. The summed E-state index contributed by atoms with van der Waals surface area (Å²) in [6.07, 6.45) is 4.66. The van der Waals surface area contributed by atoms with Crippen LogP contribution in [0.4, 0.5) is 0 Å². The Morgan fingerprint density at radius 3 is 2.04 bits per heavy atom. The Kier molecular flexibility index (Phi) is 8.10. The SMILES string of the molecule is C.C.C=Cc1ccc2cnn(C)c2c1.Cn1ncc2ccc([C@@H](O)CO)cc21. The van der Waals surface area contributed by atoms with Gasteiger partial charge in [0.15, 0.2) is 0 Å². The molecule has 0 amide bonds. The molecule has 150 valence electrons. The zero-order chi connectivity index (χ0) is 18.7. The molecule has 2 aromatic carbocycles. The van der Waals surface area contributed by atoms with Crippen LogP contribution in [0, 0.1) is 0 Å². The van der Waals surface area contributed by atoms with Crippen molar-refractivity contribution in [2.45, 2.75) is 21.0 Å². The van der Waals surface area contributed by atoms with Crippen molar-refractivity contribution in [3.8, 4) is 0 Å². The fraction of sp³-hybridized carbons (Fsp3) is 0.273. The largest absolute Gasteiger partial charge is 0.393 e. The second-order valence-electron chi connectivity index (χ2n) is 6.08. The van der Waals surface area contributed by atoms with Crippen LogP contribution in [-0.2, 0) is 14.1 Å². The summed E-state index contributed by atoms with van der Waals surface area (Å²) < 4.78 is 3.60. The molecule has 0 spiro atoms. The second-order valence-corrected chi connectivity index (χ2v) is 6.08. The van der Waals surface area contributed by atoms with Crippen molar-refractivity contribution in [2.75, 3.05) is 6.61 Å². The summed E-state index contributed by atoms with van der Waals surface area (Å²) >= 11 is 0. The molecule has 0 saturated carbocycles. The minimum Gasteiger partial charge on any atom is -0.393 e. The molecule has 1 atom stereocenters. The smallest absolute Gasteiger partial charge is 0.102 e. The van der Waals surface area contributed by atoms with Crippen molar-refractivity contribution in [2.24, 2.45) is 14.1 Å². The lowest BCUT2D eigenvalue weighted by atomic mass is 10.1. The molecule has 0 fully saturated rings. The first-order valence-corrected chi connectivity index (χ1v) is 8.28. The Bertz CT molecular complexity index is 1050. The Balaban J connectivity index is 0.000000264. The normalized spacial score (nSPS) is 11.1. The average molecular weight is 383 g/mol. The van der Waals surface area contributed by atoms with Crippen LogP contribution in [0.5, 0.6) is 0 Å². The zero-order valence-corrected chi connectivity index (χ0v) is 14.9. The van der Waals surface area contributed by atoms with Gasteiger partial charge in [-0.15, -0.1) is 0 Å². The van der Waals surface area contributed by atoms with Gasteiger partial charge in [0.2, 0.25) is 0 Å². The maximum atomic E-state index is 9.44. The van der Waals surface area contributed by atoms with Gasteiger partial charge in [-0.05, 0) is 23.3 Å². The van der Waals surface area contributed by atoms with E-state index in [1.807, 2.05) is 49.2 Å². The van der Waals surface area contributed by atoms with Gasteiger partial charge in [0, 0.05) is 24.9 Å². The number of nitrogens with zero attached hydrogens (tertiary/aromatic N) is 4. The monoisotopic (exact) mass is 382 g/mol. The Hall–Kier alpha value is -2.96. The fourth-order valence-electron chi connectivity index (χ4n) is 2.76. The highest BCUT2D eigenvalue weighted by molar-refractivity contribution is 5.81. The van der Waals surface area contributed by atoms with E-state index >= 15 is 0 Å². The Labute approximate surface area is 166 Å². The third-order valence-electron chi connectivity index (χ3n) is 4.34. The lowest BCUT2D eigenvalue weighted by Crippen LogP contribution is -2.02. The third-order valence-corrected chi connectivity index (χ3v) is 4.34. The molecule has 0 aliphatic carbocycles. The minimum absolute atomic E-state index is 0. The molecule has 2 heterocycles. The topological polar surface area (TPSA) is 76.1 Å². The Morgan fingerprint density at radius 1 is 0.964 bits per heavy atom. The molecule has 0 aliphatic heterocycles. The highest BCUT2D eigenvalue weighted by atomic mass is 16.3. The predicted octanol–water partition coefficient (Wildman–Crippen LogP) is 4.09. The number of aliphatic hydroxyl groups excluding tert-OH is 2. The van der Waals surface area contributed by atoms with Crippen molar-refractivity contribution in [3.05, 3.63) is 66.5 Å². The first-order chi connectivity index (χ1) is 12.5. The van der Waals surface area contributed by atoms with Crippen molar-refractivity contribution >= 4 is 27.9 Å². The molecule has 0 aliphatic rings. The highest BCUT2D eigenvalue weighted by Gasteiger charge is 2.07. The molecule has 2 aromatic heterocycles. The number of rotatable bonds is 3. The van der Waals surface area contributed by atoms with E-state index in [1.165, 1.54) is 5.39 Å². The fourth-order valence-corrected chi connectivity index (χ4v) is 2.76. The molecule has 4 aromatic rings. The second kappa shape index (κ2) is 9.82. The van der Waals surface area contributed by atoms with Gasteiger partial charge in [0.25, 0.3) is 0 Å². The van der Waals surface area contributed by atoms with E-state index in [-0.39, 0.29) is 21.5 Å². The van der Waals surface area contributed by atoms with Gasteiger partial charge in [-0.25, -0.2) is 0 Å². The van der Waals surface area contributed by atoms with E-state index in [1.54, 1.807) is 16.9 Å². The number of benzene rings is 2. The number of hydrogen-bond donors (Lipinski definition) is 2. The van der Waals surface area contributed by atoms with E-state index in [9.17, 15) is 5.11 Å². The van der Waals surface area contributed by atoms with Crippen LogP contribution < -0.4 is 0 Å². The van der Waals surface area contributed by atoms with Crippen molar-refractivity contribution < 1.29 is 10.2 Å². The highest BCUT2D eigenvalue weighted by Crippen LogP contribution is 2.19. The van der Waals surface area contributed by atoms with Crippen molar-refractivity contribution in [1.29, 1.82) is 0 Å². The summed E-state index contributed by atoms with van der Waals surface area (Å²) in [4.78, 5) is 0. The summed E-state index contributed by atoms with van der Waals surface area (Å²) in [6, 6.07) is 11.7. The number of aliphatic hydroxyl groups is 2. The van der Waals surface area contributed by atoms with Crippen molar-refractivity contribution in [3.63, 3.8) is 0 Å². The number of fused-ring (bicyclic) bond motifs is 2. The van der Waals surface area contributed by atoms with Gasteiger partial charge in [0.1, 0.15) is 6.10 Å². The van der Waals surface area contributed by atoms with Gasteiger partial charge in [-0.1, -0.05) is 51.8 Å². The van der Waals surface area contributed by atoms with E-state index in [2.05, 4.69) is 28.9 Å². The maximum Gasteiger partial charge on any atom is 0.102 e. The Morgan fingerprint density at radius 2 is 1.50 bits per heavy atom. The quantitative estimate of drug-likeness (QED) is 0.560. The molecule has 6 heteroatoms. The molecule has 2 N–H and O–H groups in total. The lowest BCUT2D eigenvalue weighted by molar-refractivity contribution is 0.0957. The van der Waals surface area contributed by atoms with Crippen LogP contribution in [0.2, 0.25) is 0 Å².